The Balaban J connectivity index is 2.03. The molecule has 0 saturated carbocycles. The van der Waals surface area contributed by atoms with E-state index in [0.29, 0.717) is 22.7 Å². The van der Waals surface area contributed by atoms with Crippen LogP contribution in [0.1, 0.15) is 48.9 Å². The normalized spacial score (nSPS) is 12.4. The molecule has 1 N–H and O–H groups in total. The summed E-state index contributed by atoms with van der Waals surface area (Å²) in [6.45, 7) is 6.07. The maximum absolute atomic E-state index is 12.5. The smallest absolute Gasteiger partial charge is 0.232 e. The van der Waals surface area contributed by atoms with Crippen LogP contribution in [0.15, 0.2) is 42.5 Å². The van der Waals surface area contributed by atoms with Gasteiger partial charge in [0.25, 0.3) is 0 Å². The fourth-order valence-corrected chi connectivity index (χ4v) is 4.54. The molecular formula is C22H29ClN2O3S. The van der Waals surface area contributed by atoms with Crippen LogP contribution >= 0.6 is 11.6 Å². The number of rotatable bonds is 9. The first-order valence-corrected chi connectivity index (χ1v) is 12.0. The molecule has 0 bridgehead atoms. The number of nitrogens with zero attached hydrogens (tertiary/aromatic N) is 1. The second-order valence-corrected chi connectivity index (χ2v) is 9.52. The van der Waals surface area contributed by atoms with Gasteiger partial charge in [-0.1, -0.05) is 48.9 Å². The van der Waals surface area contributed by atoms with Gasteiger partial charge in [0.1, 0.15) is 0 Å². The molecular weight excluding hydrogens is 408 g/mol. The van der Waals surface area contributed by atoms with E-state index in [9.17, 15) is 13.2 Å². The highest BCUT2D eigenvalue weighted by Crippen LogP contribution is 2.28. The SMILES string of the molecule is CCC(NC(=O)CCCN(c1cccc(Cl)c1C)S(C)(=O)=O)c1ccccc1C. The Morgan fingerprint density at radius 2 is 1.83 bits per heavy atom. The summed E-state index contributed by atoms with van der Waals surface area (Å²) < 4.78 is 25.9. The number of hydrogen-bond acceptors (Lipinski definition) is 3. The third kappa shape index (κ3) is 6.21. The van der Waals surface area contributed by atoms with Gasteiger partial charge in [0, 0.05) is 18.0 Å². The minimum atomic E-state index is -3.49. The van der Waals surface area contributed by atoms with Crippen molar-refractivity contribution >= 4 is 33.2 Å². The molecule has 1 unspecified atom stereocenters. The molecule has 7 heteroatoms. The van der Waals surface area contributed by atoms with Crippen molar-refractivity contribution in [3.63, 3.8) is 0 Å². The van der Waals surface area contributed by atoms with Crippen molar-refractivity contribution in [1.82, 2.24) is 5.32 Å². The summed E-state index contributed by atoms with van der Waals surface area (Å²) in [6.07, 6.45) is 2.61. The first-order valence-electron chi connectivity index (χ1n) is 9.72. The second kappa shape index (κ2) is 10.1. The minimum absolute atomic E-state index is 0.0510. The molecule has 2 aromatic carbocycles. The zero-order valence-corrected chi connectivity index (χ0v) is 19.0. The van der Waals surface area contributed by atoms with Gasteiger partial charge in [-0.15, -0.1) is 0 Å². The van der Waals surface area contributed by atoms with E-state index in [1.54, 1.807) is 25.1 Å². The quantitative estimate of drug-likeness (QED) is 0.615. The van der Waals surface area contributed by atoms with Crippen LogP contribution in [0.2, 0.25) is 5.02 Å². The number of halogens is 1. The van der Waals surface area contributed by atoms with Crippen molar-refractivity contribution in [2.75, 3.05) is 17.1 Å². The van der Waals surface area contributed by atoms with Crippen molar-refractivity contribution in [3.8, 4) is 0 Å². The number of benzene rings is 2. The van der Waals surface area contributed by atoms with Crippen LogP contribution in [0.5, 0.6) is 0 Å². The number of sulfonamides is 1. The summed E-state index contributed by atoms with van der Waals surface area (Å²) in [5.74, 6) is -0.0867. The molecule has 0 heterocycles. The lowest BCUT2D eigenvalue weighted by Gasteiger charge is -2.25. The highest BCUT2D eigenvalue weighted by Gasteiger charge is 2.21. The Kier molecular flexibility index (Phi) is 8.11. The number of amides is 1. The fourth-order valence-electron chi connectivity index (χ4n) is 3.36. The maximum Gasteiger partial charge on any atom is 0.232 e. The summed E-state index contributed by atoms with van der Waals surface area (Å²) in [7, 11) is -3.49. The van der Waals surface area contributed by atoms with E-state index in [-0.39, 0.29) is 24.9 Å². The maximum atomic E-state index is 12.5. The van der Waals surface area contributed by atoms with E-state index in [1.165, 1.54) is 10.6 Å². The van der Waals surface area contributed by atoms with Crippen LogP contribution in [-0.4, -0.2) is 27.1 Å². The summed E-state index contributed by atoms with van der Waals surface area (Å²) in [5.41, 5.74) is 3.50. The molecule has 0 radical (unpaired) electrons. The van der Waals surface area contributed by atoms with Gasteiger partial charge >= 0.3 is 0 Å². The zero-order chi connectivity index (χ0) is 21.6. The van der Waals surface area contributed by atoms with Crippen LogP contribution in [0, 0.1) is 13.8 Å². The predicted molar refractivity (Wildman–Crippen MR) is 120 cm³/mol. The van der Waals surface area contributed by atoms with Crippen LogP contribution in [-0.2, 0) is 14.8 Å². The zero-order valence-electron chi connectivity index (χ0n) is 17.4. The molecule has 0 spiro atoms. The van der Waals surface area contributed by atoms with Gasteiger partial charge in [-0.2, -0.15) is 0 Å². The number of hydrogen-bond donors (Lipinski definition) is 1. The summed E-state index contributed by atoms with van der Waals surface area (Å²) >= 11 is 6.15. The number of anilines is 1. The molecule has 0 aliphatic heterocycles. The van der Waals surface area contributed by atoms with Gasteiger partial charge in [0.15, 0.2) is 0 Å². The number of carbonyl (C=O) groups is 1. The molecule has 0 saturated heterocycles. The van der Waals surface area contributed by atoms with Crippen molar-refractivity contribution in [2.45, 2.75) is 46.1 Å². The van der Waals surface area contributed by atoms with Gasteiger partial charge in [0.05, 0.1) is 18.0 Å². The second-order valence-electron chi connectivity index (χ2n) is 7.21. The minimum Gasteiger partial charge on any atom is -0.349 e. The summed E-state index contributed by atoms with van der Waals surface area (Å²) in [6, 6.07) is 13.1. The van der Waals surface area contributed by atoms with E-state index in [0.717, 1.165) is 17.5 Å². The van der Waals surface area contributed by atoms with Crippen LogP contribution in [0.3, 0.4) is 0 Å². The Bertz CT molecular complexity index is 960. The van der Waals surface area contributed by atoms with Gasteiger partial charge in [-0.05, 0) is 55.5 Å². The van der Waals surface area contributed by atoms with E-state index < -0.39 is 10.0 Å². The van der Waals surface area contributed by atoms with E-state index >= 15 is 0 Å². The van der Waals surface area contributed by atoms with Crippen LogP contribution < -0.4 is 9.62 Å². The van der Waals surface area contributed by atoms with E-state index in [2.05, 4.69) is 5.32 Å². The topological polar surface area (TPSA) is 66.5 Å². The highest BCUT2D eigenvalue weighted by molar-refractivity contribution is 7.92. The molecule has 0 aliphatic rings. The number of aryl methyl sites for hydroxylation is 1. The standard InChI is InChI=1S/C22H29ClN2O3S/c1-5-20(18-11-7-6-10-16(18)2)24-22(26)14-9-15-25(29(4,27)28)21-13-8-12-19(23)17(21)3/h6-8,10-13,20H,5,9,14-15H2,1-4H3,(H,24,26). The van der Waals surface area contributed by atoms with Crippen LogP contribution in [0.4, 0.5) is 5.69 Å². The Hall–Kier alpha value is -2.05. The molecule has 0 aliphatic carbocycles. The van der Waals surface area contributed by atoms with Gasteiger partial charge in [0.2, 0.25) is 15.9 Å². The molecule has 1 amide bonds. The molecule has 2 rings (SSSR count). The summed E-state index contributed by atoms with van der Waals surface area (Å²) in [4.78, 5) is 12.5. The van der Waals surface area contributed by atoms with Crippen molar-refractivity contribution in [1.29, 1.82) is 0 Å². The first kappa shape index (κ1) is 23.2. The Morgan fingerprint density at radius 1 is 1.14 bits per heavy atom. The number of nitrogens with one attached hydrogen (secondary N) is 1. The third-order valence-electron chi connectivity index (χ3n) is 4.98. The Morgan fingerprint density at radius 3 is 2.45 bits per heavy atom. The van der Waals surface area contributed by atoms with Gasteiger partial charge < -0.3 is 5.32 Å². The molecule has 5 nitrogen and oxygen atoms in total. The third-order valence-corrected chi connectivity index (χ3v) is 6.57. The monoisotopic (exact) mass is 436 g/mol. The molecule has 2 aromatic rings. The molecule has 29 heavy (non-hydrogen) atoms. The average Bonchev–Trinajstić information content (AvgIpc) is 2.66. The fraction of sp³-hybridized carbons (Fsp3) is 0.409. The lowest BCUT2D eigenvalue weighted by atomic mass is 9.99. The van der Waals surface area contributed by atoms with Crippen molar-refractivity contribution in [3.05, 3.63) is 64.2 Å². The largest absolute Gasteiger partial charge is 0.349 e. The van der Waals surface area contributed by atoms with E-state index in [1.807, 2.05) is 38.1 Å². The molecule has 0 fully saturated rings. The van der Waals surface area contributed by atoms with E-state index in [4.69, 9.17) is 11.6 Å². The average molecular weight is 437 g/mol. The van der Waals surface area contributed by atoms with Gasteiger partial charge in [-0.3, -0.25) is 9.10 Å². The highest BCUT2D eigenvalue weighted by atomic mass is 35.5. The lowest BCUT2D eigenvalue weighted by molar-refractivity contribution is -0.121. The molecule has 158 valence electrons. The molecule has 0 aromatic heterocycles. The molecule has 1 atom stereocenters. The van der Waals surface area contributed by atoms with Crippen LogP contribution in [0.25, 0.3) is 0 Å². The lowest BCUT2D eigenvalue weighted by Crippen LogP contribution is -2.33. The predicted octanol–water partition coefficient (Wildman–Crippen LogP) is 4.77. The van der Waals surface area contributed by atoms with Crippen molar-refractivity contribution < 1.29 is 13.2 Å². The van der Waals surface area contributed by atoms with Crippen molar-refractivity contribution in [2.24, 2.45) is 0 Å². The first-order chi connectivity index (χ1) is 13.6. The van der Waals surface area contributed by atoms with Gasteiger partial charge in [-0.25, -0.2) is 8.42 Å². The summed E-state index contributed by atoms with van der Waals surface area (Å²) in [5, 5.41) is 3.58. The number of carbonyl (C=O) groups excluding carboxylic acids is 1. The Labute approximate surface area is 179 Å².